The molecule has 108 valence electrons. The van der Waals surface area contributed by atoms with Crippen LogP contribution in [0.2, 0.25) is 0 Å². The van der Waals surface area contributed by atoms with Gasteiger partial charge in [-0.15, -0.1) is 5.92 Å². The summed E-state index contributed by atoms with van der Waals surface area (Å²) in [6, 6.07) is 0. The molecule has 0 aromatic carbocycles. The molecule has 3 aliphatic carbocycles. The van der Waals surface area contributed by atoms with Crippen molar-refractivity contribution in [3.05, 3.63) is 0 Å². The zero-order chi connectivity index (χ0) is 14.5. The van der Waals surface area contributed by atoms with E-state index in [9.17, 15) is 10.2 Å². The van der Waals surface area contributed by atoms with E-state index in [0.717, 1.165) is 0 Å². The van der Waals surface area contributed by atoms with Crippen molar-refractivity contribution in [1.82, 2.24) is 0 Å². The van der Waals surface area contributed by atoms with Crippen LogP contribution in [0.4, 0.5) is 0 Å². The fourth-order valence-electron chi connectivity index (χ4n) is 3.84. The van der Waals surface area contributed by atoms with Crippen LogP contribution in [0.1, 0.15) is 53.9 Å². The molecular formula is C16H26O3. The van der Waals surface area contributed by atoms with Crippen LogP contribution in [-0.2, 0) is 4.74 Å². The van der Waals surface area contributed by atoms with Gasteiger partial charge in [0, 0.05) is 5.92 Å². The largest absolute Gasteiger partial charge is 0.393 e. The normalized spacial score (nSPS) is 45.7. The minimum Gasteiger partial charge on any atom is -0.393 e. The first kappa shape index (κ1) is 14.8. The summed E-state index contributed by atoms with van der Waals surface area (Å²) >= 11 is 0. The van der Waals surface area contributed by atoms with Crippen LogP contribution in [0, 0.1) is 23.2 Å². The van der Waals surface area contributed by atoms with E-state index in [1.54, 1.807) is 6.92 Å². The quantitative estimate of drug-likeness (QED) is 0.715. The number of aliphatic hydroxyl groups is 2. The van der Waals surface area contributed by atoms with E-state index in [0.29, 0.717) is 19.3 Å². The van der Waals surface area contributed by atoms with Crippen LogP contribution in [0.25, 0.3) is 0 Å². The van der Waals surface area contributed by atoms with Crippen LogP contribution in [0.3, 0.4) is 0 Å². The second-order valence-electron chi connectivity index (χ2n) is 7.46. The predicted octanol–water partition coefficient (Wildman–Crippen LogP) is 2.11. The lowest BCUT2D eigenvalue weighted by Gasteiger charge is -2.58. The Morgan fingerprint density at radius 3 is 2.42 bits per heavy atom. The molecule has 3 heteroatoms. The van der Waals surface area contributed by atoms with Gasteiger partial charge in [0.1, 0.15) is 5.60 Å². The average Bonchev–Trinajstić information content (AvgIpc) is 2.18. The molecule has 0 aromatic heterocycles. The molecule has 0 saturated heterocycles. The Morgan fingerprint density at radius 2 is 1.95 bits per heavy atom. The second kappa shape index (κ2) is 4.48. The number of aliphatic hydroxyl groups excluding tert-OH is 1. The van der Waals surface area contributed by atoms with Gasteiger partial charge >= 0.3 is 0 Å². The molecule has 2 bridgehead atoms. The lowest BCUT2D eigenvalue weighted by atomic mass is 9.52. The van der Waals surface area contributed by atoms with Gasteiger partial charge in [0.25, 0.3) is 0 Å². The Morgan fingerprint density at radius 1 is 1.32 bits per heavy atom. The minimum atomic E-state index is -1.06. The third-order valence-electron chi connectivity index (χ3n) is 4.51. The van der Waals surface area contributed by atoms with Crippen LogP contribution in [0.5, 0.6) is 0 Å². The first-order chi connectivity index (χ1) is 8.60. The molecule has 0 unspecified atom stereocenters. The molecule has 3 nitrogen and oxygen atoms in total. The van der Waals surface area contributed by atoms with Crippen LogP contribution < -0.4 is 0 Å². The zero-order valence-electron chi connectivity index (χ0n) is 12.7. The van der Waals surface area contributed by atoms with E-state index in [2.05, 4.69) is 18.8 Å². The number of rotatable bonds is 1. The molecule has 0 aromatic rings. The monoisotopic (exact) mass is 266 g/mol. The van der Waals surface area contributed by atoms with Gasteiger partial charge in [-0.2, -0.15) is 0 Å². The van der Waals surface area contributed by atoms with Crippen molar-refractivity contribution in [3.8, 4) is 11.8 Å². The van der Waals surface area contributed by atoms with Crippen molar-refractivity contribution in [2.75, 3.05) is 0 Å². The van der Waals surface area contributed by atoms with Gasteiger partial charge < -0.3 is 14.9 Å². The molecule has 5 atom stereocenters. The maximum absolute atomic E-state index is 10.7. The lowest BCUT2D eigenvalue weighted by Crippen LogP contribution is -2.63. The van der Waals surface area contributed by atoms with E-state index in [4.69, 9.17) is 4.74 Å². The van der Waals surface area contributed by atoms with Gasteiger partial charge in [0.2, 0.25) is 0 Å². The Labute approximate surface area is 116 Å². The van der Waals surface area contributed by atoms with Crippen molar-refractivity contribution in [3.63, 3.8) is 0 Å². The average molecular weight is 266 g/mol. The minimum absolute atomic E-state index is 0.0832. The molecule has 0 radical (unpaired) electrons. The first-order valence-corrected chi connectivity index (χ1v) is 7.12. The molecular weight excluding hydrogens is 240 g/mol. The number of ether oxygens (including phenoxy) is 1. The summed E-state index contributed by atoms with van der Waals surface area (Å²) in [5.74, 6) is 5.53. The number of fused-ring (bicyclic) bond motifs is 3. The van der Waals surface area contributed by atoms with Crippen molar-refractivity contribution in [1.29, 1.82) is 0 Å². The highest BCUT2D eigenvalue weighted by Gasteiger charge is 2.60. The highest BCUT2D eigenvalue weighted by molar-refractivity contribution is 5.23. The van der Waals surface area contributed by atoms with Crippen LogP contribution in [0.15, 0.2) is 0 Å². The summed E-state index contributed by atoms with van der Waals surface area (Å²) in [4.78, 5) is 0. The molecule has 2 N–H and O–H groups in total. The number of hydrogen-bond acceptors (Lipinski definition) is 3. The van der Waals surface area contributed by atoms with Gasteiger partial charge in [-0.05, 0) is 52.4 Å². The zero-order valence-corrected chi connectivity index (χ0v) is 12.7. The van der Waals surface area contributed by atoms with Crippen LogP contribution >= 0.6 is 0 Å². The highest BCUT2D eigenvalue weighted by atomic mass is 16.5. The SMILES string of the molecule is CC#C[C@@]1(O)C[C@]2(C)C[C@H](O)[C@H]1C[C@@H]2OC(C)(C)C. The van der Waals surface area contributed by atoms with Crippen molar-refractivity contribution >= 4 is 0 Å². The summed E-state index contributed by atoms with van der Waals surface area (Å²) in [6.07, 6.45) is 1.56. The van der Waals surface area contributed by atoms with Crippen molar-refractivity contribution in [2.24, 2.45) is 11.3 Å². The second-order valence-corrected chi connectivity index (χ2v) is 7.46. The predicted molar refractivity (Wildman–Crippen MR) is 74.5 cm³/mol. The Balaban J connectivity index is 2.28. The molecule has 0 spiro atoms. The maximum atomic E-state index is 10.7. The Bertz CT molecular complexity index is 414. The fourth-order valence-corrected chi connectivity index (χ4v) is 3.84. The first-order valence-electron chi connectivity index (χ1n) is 7.12. The van der Waals surface area contributed by atoms with E-state index < -0.39 is 11.7 Å². The van der Waals surface area contributed by atoms with E-state index in [1.807, 2.05) is 20.8 Å². The number of hydrogen-bond donors (Lipinski definition) is 2. The molecule has 3 rings (SSSR count). The van der Waals surface area contributed by atoms with Gasteiger partial charge in [-0.25, -0.2) is 0 Å². The third-order valence-corrected chi connectivity index (χ3v) is 4.51. The standard InChI is InChI=1S/C16H26O3/c1-6-7-16(18)10-15(5)9-12(17)11(16)8-13(15)19-14(2,3)4/h11-13,17-18H,8-10H2,1-5H3/t11-,12+,13+,15+,16-/m1/s1. The summed E-state index contributed by atoms with van der Waals surface area (Å²) in [6.45, 7) is 9.98. The maximum Gasteiger partial charge on any atom is 0.131 e. The lowest BCUT2D eigenvalue weighted by molar-refractivity contribution is -0.233. The van der Waals surface area contributed by atoms with Crippen molar-refractivity contribution < 1.29 is 14.9 Å². The van der Waals surface area contributed by atoms with E-state index >= 15 is 0 Å². The fraction of sp³-hybridized carbons (Fsp3) is 0.875. The summed E-state index contributed by atoms with van der Waals surface area (Å²) in [5, 5.41) is 21.0. The third kappa shape index (κ3) is 2.67. The van der Waals surface area contributed by atoms with Gasteiger partial charge in [-0.1, -0.05) is 12.8 Å². The topological polar surface area (TPSA) is 49.7 Å². The summed E-state index contributed by atoms with van der Waals surface area (Å²) in [5.41, 5.74) is -1.47. The van der Waals surface area contributed by atoms with Crippen LogP contribution in [-0.4, -0.2) is 33.6 Å². The molecule has 19 heavy (non-hydrogen) atoms. The summed E-state index contributed by atoms with van der Waals surface area (Å²) in [7, 11) is 0. The van der Waals surface area contributed by atoms with E-state index in [-0.39, 0.29) is 23.0 Å². The molecule has 3 saturated carbocycles. The molecule has 3 fully saturated rings. The summed E-state index contributed by atoms with van der Waals surface area (Å²) < 4.78 is 6.16. The Hall–Kier alpha value is -0.560. The van der Waals surface area contributed by atoms with Gasteiger partial charge in [0.15, 0.2) is 0 Å². The highest BCUT2D eigenvalue weighted by Crippen LogP contribution is 2.56. The van der Waals surface area contributed by atoms with E-state index in [1.165, 1.54) is 0 Å². The smallest absolute Gasteiger partial charge is 0.131 e. The molecule has 3 aliphatic rings. The van der Waals surface area contributed by atoms with Gasteiger partial charge in [-0.3, -0.25) is 0 Å². The molecule has 0 aliphatic heterocycles. The van der Waals surface area contributed by atoms with Gasteiger partial charge in [0.05, 0.1) is 17.8 Å². The molecule has 0 heterocycles. The van der Waals surface area contributed by atoms with Crippen molar-refractivity contribution in [2.45, 2.75) is 77.3 Å². The molecule has 0 amide bonds. The Kier molecular flexibility index (Phi) is 3.50.